The zero-order valence-corrected chi connectivity index (χ0v) is 10.9. The summed E-state index contributed by atoms with van der Waals surface area (Å²) in [6.45, 7) is 3.16. The second-order valence-corrected chi connectivity index (χ2v) is 7.69. The van der Waals surface area contributed by atoms with Crippen LogP contribution < -0.4 is 5.32 Å². The Hall–Kier alpha value is -0.0900. The van der Waals surface area contributed by atoms with Gasteiger partial charge in [-0.3, -0.25) is 0 Å². The van der Waals surface area contributed by atoms with Gasteiger partial charge in [-0.25, -0.2) is 8.42 Å². The predicted molar refractivity (Wildman–Crippen MR) is 66.2 cm³/mol. The molecule has 0 aromatic rings. The first kappa shape index (κ1) is 12.4. The highest BCUT2D eigenvalue weighted by Crippen LogP contribution is 2.28. The van der Waals surface area contributed by atoms with Gasteiger partial charge in [0.05, 0.1) is 11.5 Å². The SMILES string of the molecule is CCC1CCC(NCC2CCS(=O)(=O)C2)C1. The zero-order chi connectivity index (χ0) is 11.6. The maximum atomic E-state index is 11.3. The van der Waals surface area contributed by atoms with Crippen LogP contribution in [0.1, 0.15) is 39.0 Å². The van der Waals surface area contributed by atoms with Gasteiger partial charge in [0, 0.05) is 6.04 Å². The number of sulfone groups is 1. The summed E-state index contributed by atoms with van der Waals surface area (Å²) in [6, 6.07) is 0.647. The lowest BCUT2D eigenvalue weighted by atomic mass is 10.1. The molecular weight excluding hydrogens is 222 g/mol. The fourth-order valence-corrected chi connectivity index (χ4v) is 4.86. The summed E-state index contributed by atoms with van der Waals surface area (Å²) in [5.41, 5.74) is 0. The third-order valence-electron chi connectivity index (χ3n) is 4.14. The van der Waals surface area contributed by atoms with Crippen LogP contribution in [0, 0.1) is 11.8 Å². The maximum Gasteiger partial charge on any atom is 0.150 e. The van der Waals surface area contributed by atoms with Crippen LogP contribution >= 0.6 is 0 Å². The Morgan fingerprint density at radius 3 is 2.56 bits per heavy atom. The molecule has 0 spiro atoms. The average molecular weight is 245 g/mol. The van der Waals surface area contributed by atoms with E-state index in [2.05, 4.69) is 12.2 Å². The highest BCUT2D eigenvalue weighted by molar-refractivity contribution is 7.91. The molecule has 1 aliphatic carbocycles. The van der Waals surface area contributed by atoms with Crippen molar-refractivity contribution in [2.75, 3.05) is 18.1 Å². The van der Waals surface area contributed by atoms with Crippen LogP contribution in [0.2, 0.25) is 0 Å². The van der Waals surface area contributed by atoms with Crippen molar-refractivity contribution >= 4 is 9.84 Å². The molecule has 1 saturated heterocycles. The second-order valence-electron chi connectivity index (χ2n) is 5.46. The van der Waals surface area contributed by atoms with E-state index in [9.17, 15) is 8.42 Å². The molecule has 1 aliphatic heterocycles. The standard InChI is InChI=1S/C12H23NO2S/c1-2-10-3-4-12(7-10)13-8-11-5-6-16(14,15)9-11/h10-13H,2-9H2,1H3. The first-order chi connectivity index (χ1) is 7.59. The smallest absolute Gasteiger partial charge is 0.150 e. The van der Waals surface area contributed by atoms with Crippen LogP contribution in [0.25, 0.3) is 0 Å². The summed E-state index contributed by atoms with van der Waals surface area (Å²) in [5.74, 6) is 2.07. The lowest BCUT2D eigenvalue weighted by molar-refractivity contribution is 0.436. The van der Waals surface area contributed by atoms with E-state index in [1.54, 1.807) is 0 Å². The summed E-state index contributed by atoms with van der Waals surface area (Å²) in [7, 11) is -2.70. The van der Waals surface area contributed by atoms with Gasteiger partial charge in [-0.05, 0) is 44.1 Å². The largest absolute Gasteiger partial charge is 0.314 e. The lowest BCUT2D eigenvalue weighted by Gasteiger charge is -2.15. The molecule has 4 heteroatoms. The Balaban J connectivity index is 1.69. The van der Waals surface area contributed by atoms with Crippen molar-refractivity contribution < 1.29 is 8.42 Å². The molecule has 2 rings (SSSR count). The fourth-order valence-electron chi connectivity index (χ4n) is 3.00. The minimum absolute atomic E-state index is 0.366. The van der Waals surface area contributed by atoms with E-state index in [1.807, 2.05) is 0 Å². The van der Waals surface area contributed by atoms with E-state index in [0.717, 1.165) is 18.9 Å². The van der Waals surface area contributed by atoms with Gasteiger partial charge < -0.3 is 5.32 Å². The van der Waals surface area contributed by atoms with Crippen LogP contribution in [0.3, 0.4) is 0 Å². The second kappa shape index (κ2) is 5.05. The molecule has 3 atom stereocenters. The van der Waals surface area contributed by atoms with Crippen molar-refractivity contribution in [2.45, 2.75) is 45.1 Å². The van der Waals surface area contributed by atoms with Gasteiger partial charge in [-0.15, -0.1) is 0 Å². The molecule has 1 N–H and O–H groups in total. The topological polar surface area (TPSA) is 46.2 Å². The number of hydrogen-bond donors (Lipinski definition) is 1. The predicted octanol–water partition coefficient (Wildman–Crippen LogP) is 1.59. The summed E-state index contributed by atoms with van der Waals surface area (Å²) in [4.78, 5) is 0. The van der Waals surface area contributed by atoms with Crippen molar-refractivity contribution in [1.29, 1.82) is 0 Å². The van der Waals surface area contributed by atoms with E-state index in [0.29, 0.717) is 23.5 Å². The summed E-state index contributed by atoms with van der Waals surface area (Å²) in [6.07, 6.45) is 6.06. The monoisotopic (exact) mass is 245 g/mol. The molecule has 94 valence electrons. The Kier molecular flexibility index (Phi) is 3.90. The van der Waals surface area contributed by atoms with E-state index in [-0.39, 0.29) is 0 Å². The Morgan fingerprint density at radius 1 is 1.19 bits per heavy atom. The number of rotatable bonds is 4. The van der Waals surface area contributed by atoms with Crippen LogP contribution in [-0.2, 0) is 9.84 Å². The van der Waals surface area contributed by atoms with Gasteiger partial charge in [0.25, 0.3) is 0 Å². The molecule has 1 saturated carbocycles. The minimum atomic E-state index is -2.70. The summed E-state index contributed by atoms with van der Waals surface area (Å²) in [5, 5.41) is 3.56. The third kappa shape index (κ3) is 3.20. The van der Waals surface area contributed by atoms with Crippen LogP contribution in [0.15, 0.2) is 0 Å². The van der Waals surface area contributed by atoms with Crippen molar-refractivity contribution in [3.8, 4) is 0 Å². The number of hydrogen-bond acceptors (Lipinski definition) is 3. The molecule has 0 aromatic carbocycles. The molecule has 0 amide bonds. The summed E-state index contributed by atoms with van der Waals surface area (Å²) < 4.78 is 22.6. The van der Waals surface area contributed by atoms with Crippen LogP contribution in [0.4, 0.5) is 0 Å². The normalized spacial score (nSPS) is 37.9. The molecule has 0 radical (unpaired) electrons. The maximum absolute atomic E-state index is 11.3. The van der Waals surface area contributed by atoms with Gasteiger partial charge in [0.1, 0.15) is 0 Å². The molecule has 0 bridgehead atoms. The third-order valence-corrected chi connectivity index (χ3v) is 5.98. The van der Waals surface area contributed by atoms with Gasteiger partial charge in [0.15, 0.2) is 9.84 Å². The van der Waals surface area contributed by atoms with E-state index >= 15 is 0 Å². The van der Waals surface area contributed by atoms with E-state index in [1.165, 1.54) is 25.7 Å². The van der Waals surface area contributed by atoms with Crippen LogP contribution in [0.5, 0.6) is 0 Å². The number of nitrogens with one attached hydrogen (secondary N) is 1. The highest BCUT2D eigenvalue weighted by atomic mass is 32.2. The minimum Gasteiger partial charge on any atom is -0.314 e. The highest BCUT2D eigenvalue weighted by Gasteiger charge is 2.29. The van der Waals surface area contributed by atoms with Crippen molar-refractivity contribution in [2.24, 2.45) is 11.8 Å². The average Bonchev–Trinajstić information content (AvgIpc) is 2.81. The Bertz CT molecular complexity index is 326. The van der Waals surface area contributed by atoms with E-state index < -0.39 is 9.84 Å². The van der Waals surface area contributed by atoms with Crippen molar-refractivity contribution in [3.63, 3.8) is 0 Å². The summed E-state index contributed by atoms with van der Waals surface area (Å²) >= 11 is 0. The fraction of sp³-hybridized carbons (Fsp3) is 1.00. The first-order valence-corrected chi connectivity index (χ1v) is 8.35. The van der Waals surface area contributed by atoms with Gasteiger partial charge in [-0.1, -0.05) is 13.3 Å². The van der Waals surface area contributed by atoms with Crippen LogP contribution in [-0.4, -0.2) is 32.5 Å². The Morgan fingerprint density at radius 2 is 2.00 bits per heavy atom. The molecule has 1 heterocycles. The molecule has 2 fully saturated rings. The Labute approximate surface area is 98.9 Å². The van der Waals surface area contributed by atoms with E-state index in [4.69, 9.17) is 0 Å². The van der Waals surface area contributed by atoms with Crippen molar-refractivity contribution in [3.05, 3.63) is 0 Å². The van der Waals surface area contributed by atoms with Gasteiger partial charge >= 0.3 is 0 Å². The molecule has 3 nitrogen and oxygen atoms in total. The molecule has 0 aromatic heterocycles. The molecular formula is C12H23NO2S. The van der Waals surface area contributed by atoms with Gasteiger partial charge in [-0.2, -0.15) is 0 Å². The molecule has 16 heavy (non-hydrogen) atoms. The van der Waals surface area contributed by atoms with Gasteiger partial charge in [0.2, 0.25) is 0 Å². The lowest BCUT2D eigenvalue weighted by Crippen LogP contribution is -2.32. The van der Waals surface area contributed by atoms with Crippen molar-refractivity contribution in [1.82, 2.24) is 5.32 Å². The quantitative estimate of drug-likeness (QED) is 0.818. The molecule has 3 unspecified atom stereocenters. The molecule has 2 aliphatic rings. The first-order valence-electron chi connectivity index (χ1n) is 6.53. The zero-order valence-electron chi connectivity index (χ0n) is 10.1.